The zero-order valence-corrected chi connectivity index (χ0v) is 31.7. The van der Waals surface area contributed by atoms with Gasteiger partial charge in [-0.1, -0.05) is 175 Å². The minimum absolute atomic E-state index is 0.0691. The number of anilines is 6. The zero-order valence-electron chi connectivity index (χ0n) is 31.7. The molecule has 4 heteroatoms. The average Bonchev–Trinajstić information content (AvgIpc) is 3.82. The molecule has 13 rings (SSSR count). The third-order valence-electron chi connectivity index (χ3n) is 13.1. The Morgan fingerprint density at radius 1 is 0.310 bits per heavy atom. The second-order valence-electron chi connectivity index (χ2n) is 16.0. The Hall–Kier alpha value is -7.29. The summed E-state index contributed by atoms with van der Waals surface area (Å²) in [6, 6.07) is 76.7. The van der Waals surface area contributed by atoms with Crippen LogP contribution in [0, 0.1) is 0 Å². The monoisotopic (exact) mass is 732 g/mol. The molecule has 0 saturated heterocycles. The summed E-state index contributed by atoms with van der Waals surface area (Å²) in [5.74, 6) is 0. The lowest BCUT2D eigenvalue weighted by Gasteiger charge is -2.44. The minimum Gasteiger partial charge on any atom is -0.312 e. The topological polar surface area (TPSA) is 6.48 Å². The molecule has 4 heterocycles. The van der Waals surface area contributed by atoms with Crippen molar-refractivity contribution in [1.29, 1.82) is 0 Å². The van der Waals surface area contributed by atoms with Crippen LogP contribution in [0.4, 0.5) is 34.1 Å². The third kappa shape index (κ3) is 4.35. The molecule has 58 heavy (non-hydrogen) atoms. The second kappa shape index (κ2) is 12.1. The van der Waals surface area contributed by atoms with Crippen molar-refractivity contribution < 1.29 is 0 Å². The van der Waals surface area contributed by atoms with Crippen molar-refractivity contribution in [3.05, 3.63) is 206 Å². The van der Waals surface area contributed by atoms with E-state index in [1.807, 2.05) is 0 Å². The smallest absolute Gasteiger partial charge is 0.250 e. The first-order valence-electron chi connectivity index (χ1n) is 20.3. The first-order valence-corrected chi connectivity index (χ1v) is 20.3. The molecule has 0 bridgehead atoms. The fourth-order valence-electron chi connectivity index (χ4n) is 10.7. The highest BCUT2D eigenvalue weighted by Gasteiger charge is 2.50. The maximum atomic E-state index is 2.63. The quantitative estimate of drug-likeness (QED) is 0.163. The van der Waals surface area contributed by atoms with Crippen LogP contribution in [0.1, 0.15) is 0 Å². The lowest BCUT2D eigenvalue weighted by atomic mass is 9.32. The van der Waals surface area contributed by atoms with Crippen molar-refractivity contribution in [3.8, 4) is 44.5 Å². The molecule has 0 aromatic heterocycles. The summed E-state index contributed by atoms with van der Waals surface area (Å²) in [4.78, 5) is 5.15. The SMILES string of the molecule is c1ccc(-c2ccc(N(c3ccc(-c4ccccc4)cc3)c3ccc4c5c3B3c6ccccc6-c6cccc(c63)N5c3cccc5c3B4c3ccccc3-5)cc2)cc1. The number of nitrogens with zero attached hydrogens (tertiary/aromatic N) is 2. The Kier molecular flexibility index (Phi) is 6.65. The van der Waals surface area contributed by atoms with E-state index in [0.717, 1.165) is 11.4 Å². The molecule has 9 aromatic carbocycles. The van der Waals surface area contributed by atoms with Crippen molar-refractivity contribution in [1.82, 2.24) is 0 Å². The van der Waals surface area contributed by atoms with Gasteiger partial charge in [0.1, 0.15) is 0 Å². The van der Waals surface area contributed by atoms with E-state index in [0.29, 0.717) is 0 Å². The highest BCUT2D eigenvalue weighted by Crippen LogP contribution is 2.47. The van der Waals surface area contributed by atoms with Crippen molar-refractivity contribution in [3.63, 3.8) is 0 Å². The van der Waals surface area contributed by atoms with Crippen LogP contribution >= 0.6 is 0 Å². The molecule has 4 aliphatic heterocycles. The summed E-state index contributed by atoms with van der Waals surface area (Å²) in [7, 11) is 0. The van der Waals surface area contributed by atoms with Crippen LogP contribution in [0.3, 0.4) is 0 Å². The molecule has 0 spiro atoms. The second-order valence-corrected chi connectivity index (χ2v) is 16.0. The van der Waals surface area contributed by atoms with Crippen LogP contribution in [0.2, 0.25) is 0 Å². The first kappa shape index (κ1) is 31.9. The third-order valence-corrected chi connectivity index (χ3v) is 13.1. The van der Waals surface area contributed by atoms with Gasteiger partial charge in [0.05, 0.1) is 0 Å². The highest BCUT2D eigenvalue weighted by molar-refractivity contribution is 7.06. The molecule has 9 aromatic rings. The molecule has 0 fully saturated rings. The Bertz CT molecular complexity index is 3030. The van der Waals surface area contributed by atoms with Gasteiger partial charge < -0.3 is 9.80 Å². The molecule has 4 aliphatic rings. The molecule has 0 atom stereocenters. The maximum absolute atomic E-state index is 2.63. The normalized spacial score (nSPS) is 13.1. The van der Waals surface area contributed by atoms with Gasteiger partial charge in [-0.2, -0.15) is 0 Å². The van der Waals surface area contributed by atoms with Gasteiger partial charge in [0.25, 0.3) is 6.71 Å². The van der Waals surface area contributed by atoms with Crippen molar-refractivity contribution in [2.24, 2.45) is 0 Å². The Labute approximate surface area is 339 Å². The predicted molar refractivity (Wildman–Crippen MR) is 247 cm³/mol. The number of hydrogen-bond acceptors (Lipinski definition) is 2. The lowest BCUT2D eigenvalue weighted by Crippen LogP contribution is -2.63. The van der Waals surface area contributed by atoms with Gasteiger partial charge in [-0.25, -0.2) is 0 Å². The van der Waals surface area contributed by atoms with E-state index in [1.165, 1.54) is 100 Å². The van der Waals surface area contributed by atoms with E-state index in [9.17, 15) is 0 Å². The van der Waals surface area contributed by atoms with E-state index >= 15 is 0 Å². The molecular weight excluding hydrogens is 698 g/mol. The van der Waals surface area contributed by atoms with E-state index in [4.69, 9.17) is 0 Å². The number of benzene rings is 9. The molecular formula is C54H34B2N2. The molecule has 0 amide bonds. The number of fused-ring (bicyclic) bond motifs is 10. The van der Waals surface area contributed by atoms with Gasteiger partial charge in [-0.3, -0.25) is 0 Å². The van der Waals surface area contributed by atoms with Crippen LogP contribution in [-0.4, -0.2) is 13.4 Å². The van der Waals surface area contributed by atoms with Gasteiger partial charge in [-0.05, 0) is 109 Å². The Balaban J connectivity index is 1.10. The fourth-order valence-corrected chi connectivity index (χ4v) is 10.7. The number of hydrogen-bond donors (Lipinski definition) is 0. The molecule has 0 unspecified atom stereocenters. The van der Waals surface area contributed by atoms with Crippen LogP contribution in [0.25, 0.3) is 44.5 Å². The van der Waals surface area contributed by atoms with Crippen molar-refractivity contribution in [2.75, 3.05) is 9.80 Å². The van der Waals surface area contributed by atoms with E-state index < -0.39 is 0 Å². The first-order chi connectivity index (χ1) is 28.8. The van der Waals surface area contributed by atoms with Crippen LogP contribution < -0.4 is 42.6 Å². The summed E-state index contributed by atoms with van der Waals surface area (Å²) in [5, 5.41) is 0. The Morgan fingerprint density at radius 2 is 0.759 bits per heavy atom. The molecule has 0 aliphatic carbocycles. The van der Waals surface area contributed by atoms with Crippen LogP contribution in [0.15, 0.2) is 206 Å². The van der Waals surface area contributed by atoms with Gasteiger partial charge >= 0.3 is 0 Å². The van der Waals surface area contributed by atoms with Gasteiger partial charge in [-0.15, -0.1) is 0 Å². The highest BCUT2D eigenvalue weighted by atomic mass is 15.2. The molecule has 0 N–H and O–H groups in total. The van der Waals surface area contributed by atoms with Gasteiger partial charge in [0.2, 0.25) is 6.71 Å². The Morgan fingerprint density at radius 3 is 1.31 bits per heavy atom. The van der Waals surface area contributed by atoms with Crippen LogP contribution in [0.5, 0.6) is 0 Å². The molecule has 266 valence electrons. The van der Waals surface area contributed by atoms with Gasteiger partial charge in [0, 0.05) is 34.1 Å². The van der Waals surface area contributed by atoms with E-state index in [1.54, 1.807) is 0 Å². The van der Waals surface area contributed by atoms with Crippen molar-refractivity contribution >= 4 is 80.3 Å². The van der Waals surface area contributed by atoms with E-state index in [2.05, 4.69) is 216 Å². The molecule has 0 radical (unpaired) electrons. The minimum atomic E-state index is 0.0691. The fraction of sp³-hybridized carbons (Fsp3) is 0. The van der Waals surface area contributed by atoms with Crippen LogP contribution in [-0.2, 0) is 0 Å². The lowest BCUT2D eigenvalue weighted by molar-refractivity contribution is 1.27. The van der Waals surface area contributed by atoms with Gasteiger partial charge in [0.15, 0.2) is 0 Å². The summed E-state index contributed by atoms with van der Waals surface area (Å²) in [6.07, 6.45) is 0. The summed E-state index contributed by atoms with van der Waals surface area (Å²) < 4.78 is 0. The van der Waals surface area contributed by atoms with E-state index in [-0.39, 0.29) is 13.4 Å². The predicted octanol–water partition coefficient (Wildman–Crippen LogP) is 9.58. The molecule has 2 nitrogen and oxygen atoms in total. The maximum Gasteiger partial charge on any atom is 0.250 e. The van der Waals surface area contributed by atoms with Crippen molar-refractivity contribution in [2.45, 2.75) is 0 Å². The zero-order chi connectivity index (χ0) is 37.9. The molecule has 0 saturated carbocycles. The average molecular weight is 733 g/mol. The number of rotatable bonds is 5. The summed E-state index contributed by atoms with van der Waals surface area (Å²) in [6.45, 7) is 0.228. The standard InChI is InChI=1S/C54H34B2N2/c1-3-13-35(14-4-1)37-25-29-39(30-26-37)57(40-31-27-38(28-32-40)36-15-5-2-6-16-36)50-34-33-47-54-53(50)56-46-22-10-8-18-42(46)44-20-12-24-49(52(44)56)58(54)48-23-11-19-43-41-17-7-9-21-45(41)55(47)51(43)48/h1-34H. The summed E-state index contributed by atoms with van der Waals surface area (Å²) >= 11 is 0. The largest absolute Gasteiger partial charge is 0.312 e. The summed E-state index contributed by atoms with van der Waals surface area (Å²) in [5.41, 5.74) is 25.9.